The Labute approximate surface area is 96.0 Å². The summed E-state index contributed by atoms with van der Waals surface area (Å²) in [6.07, 6.45) is 0.654. The molecule has 0 saturated heterocycles. The molecule has 1 atom stereocenters. The lowest BCUT2D eigenvalue weighted by molar-refractivity contribution is -0.120. The SMILES string of the molecule is CCC1(C)C(=O)Nc2c(Br)cc(F)cc21. The molecule has 2 rings (SSSR count). The number of anilines is 1. The van der Waals surface area contributed by atoms with Crippen LogP contribution in [0.25, 0.3) is 0 Å². The maximum atomic E-state index is 13.3. The topological polar surface area (TPSA) is 29.1 Å². The lowest BCUT2D eigenvalue weighted by atomic mass is 9.81. The number of rotatable bonds is 1. The highest BCUT2D eigenvalue weighted by atomic mass is 79.9. The number of carbonyl (C=O) groups excluding carboxylic acids is 1. The Morgan fingerprint density at radius 3 is 2.80 bits per heavy atom. The van der Waals surface area contributed by atoms with Crippen LogP contribution in [0.1, 0.15) is 25.8 Å². The zero-order valence-electron chi connectivity index (χ0n) is 8.53. The summed E-state index contributed by atoms with van der Waals surface area (Å²) in [7, 11) is 0. The Morgan fingerprint density at radius 2 is 2.20 bits per heavy atom. The van der Waals surface area contributed by atoms with Gasteiger partial charge in [-0.25, -0.2) is 4.39 Å². The third-order valence-electron chi connectivity index (χ3n) is 3.10. The molecular formula is C11H11BrFNO. The Bertz CT molecular complexity index is 446. The van der Waals surface area contributed by atoms with E-state index in [1.165, 1.54) is 12.1 Å². The van der Waals surface area contributed by atoms with Crippen LogP contribution in [0.3, 0.4) is 0 Å². The molecule has 0 aromatic heterocycles. The van der Waals surface area contributed by atoms with E-state index in [0.717, 1.165) is 5.56 Å². The van der Waals surface area contributed by atoms with Gasteiger partial charge < -0.3 is 5.32 Å². The fourth-order valence-corrected chi connectivity index (χ4v) is 2.39. The average molecular weight is 272 g/mol. The lowest BCUT2D eigenvalue weighted by Gasteiger charge is -2.19. The third-order valence-corrected chi connectivity index (χ3v) is 3.72. The summed E-state index contributed by atoms with van der Waals surface area (Å²) in [6, 6.07) is 2.79. The monoisotopic (exact) mass is 271 g/mol. The normalized spacial score (nSPS) is 23.9. The van der Waals surface area contributed by atoms with E-state index in [9.17, 15) is 9.18 Å². The fraction of sp³-hybridized carbons (Fsp3) is 0.364. The molecule has 0 aliphatic carbocycles. The summed E-state index contributed by atoms with van der Waals surface area (Å²) < 4.78 is 13.9. The molecule has 0 fully saturated rings. The van der Waals surface area contributed by atoms with E-state index in [1.54, 1.807) is 0 Å². The van der Waals surface area contributed by atoms with E-state index in [1.807, 2.05) is 13.8 Å². The molecule has 4 heteroatoms. The standard InChI is InChI=1S/C11H11BrFNO/c1-3-11(2)7-4-6(13)5-8(12)9(7)14-10(11)15/h4-5H,3H2,1-2H3,(H,14,15). The number of nitrogens with one attached hydrogen (secondary N) is 1. The second kappa shape index (κ2) is 3.30. The van der Waals surface area contributed by atoms with Crippen molar-refractivity contribution in [2.24, 2.45) is 0 Å². The molecule has 1 amide bonds. The van der Waals surface area contributed by atoms with Crippen molar-refractivity contribution in [3.8, 4) is 0 Å². The van der Waals surface area contributed by atoms with Gasteiger partial charge in [0.25, 0.3) is 0 Å². The second-order valence-corrected chi connectivity index (χ2v) is 4.80. The Balaban J connectivity index is 2.68. The van der Waals surface area contributed by atoms with Gasteiger partial charge in [-0.15, -0.1) is 0 Å². The average Bonchev–Trinajstić information content (AvgIpc) is 2.43. The van der Waals surface area contributed by atoms with Crippen molar-refractivity contribution in [2.75, 3.05) is 5.32 Å². The molecule has 0 saturated carbocycles. The Kier molecular flexibility index (Phi) is 2.34. The Hall–Kier alpha value is -0.900. The minimum absolute atomic E-state index is 0.0636. The van der Waals surface area contributed by atoms with Gasteiger partial charge in [-0.05, 0) is 47.0 Å². The van der Waals surface area contributed by atoms with Crippen LogP contribution in [-0.4, -0.2) is 5.91 Å². The van der Waals surface area contributed by atoms with Gasteiger partial charge in [0.05, 0.1) is 11.1 Å². The maximum Gasteiger partial charge on any atom is 0.234 e. The summed E-state index contributed by atoms with van der Waals surface area (Å²) >= 11 is 3.25. The molecule has 0 radical (unpaired) electrons. The van der Waals surface area contributed by atoms with Crippen molar-refractivity contribution in [2.45, 2.75) is 25.7 Å². The molecule has 1 N–H and O–H groups in total. The summed E-state index contributed by atoms with van der Waals surface area (Å²) in [5.74, 6) is -0.386. The number of carbonyl (C=O) groups is 1. The summed E-state index contributed by atoms with van der Waals surface area (Å²) in [5, 5.41) is 2.78. The summed E-state index contributed by atoms with van der Waals surface area (Å²) in [5.41, 5.74) is 0.826. The second-order valence-electron chi connectivity index (χ2n) is 3.95. The maximum absolute atomic E-state index is 13.3. The highest BCUT2D eigenvalue weighted by molar-refractivity contribution is 9.10. The van der Waals surface area contributed by atoms with Crippen LogP contribution in [0.4, 0.5) is 10.1 Å². The largest absolute Gasteiger partial charge is 0.324 e. The van der Waals surface area contributed by atoms with Gasteiger partial charge in [0.1, 0.15) is 5.82 Å². The van der Waals surface area contributed by atoms with Crippen LogP contribution >= 0.6 is 15.9 Å². The van der Waals surface area contributed by atoms with E-state index < -0.39 is 5.41 Å². The smallest absolute Gasteiger partial charge is 0.234 e. The number of halogens is 2. The predicted molar refractivity (Wildman–Crippen MR) is 60.4 cm³/mol. The van der Waals surface area contributed by atoms with Crippen molar-refractivity contribution >= 4 is 27.5 Å². The van der Waals surface area contributed by atoms with E-state index >= 15 is 0 Å². The van der Waals surface area contributed by atoms with Gasteiger partial charge in [0.2, 0.25) is 5.91 Å². The number of hydrogen-bond acceptors (Lipinski definition) is 1. The molecule has 0 bridgehead atoms. The molecule has 0 spiro atoms. The van der Waals surface area contributed by atoms with Crippen molar-refractivity contribution in [1.82, 2.24) is 0 Å². The van der Waals surface area contributed by atoms with Crippen LogP contribution in [-0.2, 0) is 10.2 Å². The van der Waals surface area contributed by atoms with Crippen molar-refractivity contribution < 1.29 is 9.18 Å². The number of fused-ring (bicyclic) bond motifs is 1. The number of amides is 1. The first-order valence-corrected chi connectivity index (χ1v) is 5.59. The lowest BCUT2D eigenvalue weighted by Crippen LogP contribution is -2.29. The minimum atomic E-state index is -0.611. The van der Waals surface area contributed by atoms with Crippen molar-refractivity contribution in [3.05, 3.63) is 28.0 Å². The van der Waals surface area contributed by atoms with Crippen LogP contribution in [0.2, 0.25) is 0 Å². The summed E-state index contributed by atoms with van der Waals surface area (Å²) in [4.78, 5) is 11.8. The van der Waals surface area contributed by atoms with Gasteiger partial charge in [-0.3, -0.25) is 4.79 Å². The van der Waals surface area contributed by atoms with Crippen LogP contribution in [0, 0.1) is 5.82 Å². The third kappa shape index (κ3) is 1.39. The van der Waals surface area contributed by atoms with Gasteiger partial charge >= 0.3 is 0 Å². The molecular weight excluding hydrogens is 261 g/mol. The summed E-state index contributed by atoms with van der Waals surface area (Å²) in [6.45, 7) is 3.76. The molecule has 80 valence electrons. The van der Waals surface area contributed by atoms with Gasteiger partial charge in [0, 0.05) is 4.47 Å². The van der Waals surface area contributed by atoms with Crippen LogP contribution in [0.5, 0.6) is 0 Å². The van der Waals surface area contributed by atoms with Gasteiger partial charge in [0.15, 0.2) is 0 Å². The Morgan fingerprint density at radius 1 is 1.53 bits per heavy atom. The van der Waals surface area contributed by atoms with Crippen LogP contribution in [0.15, 0.2) is 16.6 Å². The molecule has 2 nitrogen and oxygen atoms in total. The van der Waals surface area contributed by atoms with Crippen LogP contribution < -0.4 is 5.32 Å². The molecule has 1 heterocycles. The molecule has 1 aromatic carbocycles. The molecule has 1 aromatic rings. The number of hydrogen-bond donors (Lipinski definition) is 1. The van der Waals surface area contributed by atoms with E-state index in [-0.39, 0.29) is 11.7 Å². The fourth-order valence-electron chi connectivity index (χ4n) is 1.86. The van der Waals surface area contributed by atoms with E-state index in [2.05, 4.69) is 21.2 Å². The van der Waals surface area contributed by atoms with E-state index in [4.69, 9.17) is 0 Å². The highest BCUT2D eigenvalue weighted by Crippen LogP contribution is 2.43. The minimum Gasteiger partial charge on any atom is -0.324 e. The van der Waals surface area contributed by atoms with Gasteiger partial charge in [-0.1, -0.05) is 6.92 Å². The van der Waals surface area contributed by atoms with E-state index in [0.29, 0.717) is 16.6 Å². The van der Waals surface area contributed by atoms with Crippen molar-refractivity contribution in [3.63, 3.8) is 0 Å². The molecule has 15 heavy (non-hydrogen) atoms. The van der Waals surface area contributed by atoms with Crippen molar-refractivity contribution in [1.29, 1.82) is 0 Å². The first-order valence-electron chi connectivity index (χ1n) is 4.80. The molecule has 1 aliphatic heterocycles. The highest BCUT2D eigenvalue weighted by Gasteiger charge is 2.42. The first-order chi connectivity index (χ1) is 6.99. The zero-order chi connectivity index (χ0) is 11.2. The number of benzene rings is 1. The van der Waals surface area contributed by atoms with Gasteiger partial charge in [-0.2, -0.15) is 0 Å². The molecule has 1 unspecified atom stereocenters. The quantitative estimate of drug-likeness (QED) is 0.835. The first kappa shape index (κ1) is 10.6. The molecule has 1 aliphatic rings. The zero-order valence-corrected chi connectivity index (χ0v) is 10.1. The predicted octanol–water partition coefficient (Wildman–Crippen LogP) is 3.21.